The summed E-state index contributed by atoms with van der Waals surface area (Å²) < 4.78 is 5.43. The highest BCUT2D eigenvalue weighted by atomic mass is 16.5. The molecule has 5 aliphatic carbocycles. The van der Waals surface area contributed by atoms with Gasteiger partial charge < -0.3 is 10.1 Å². The van der Waals surface area contributed by atoms with Gasteiger partial charge in [-0.15, -0.1) is 0 Å². The van der Waals surface area contributed by atoms with E-state index in [0.717, 1.165) is 72.5 Å². The summed E-state index contributed by atoms with van der Waals surface area (Å²) in [6.45, 7) is 7.24. The first-order chi connectivity index (χ1) is 16.6. The SMILES string of the molecule is CC1C2CC3C1C3C2c1ncc(C(=O)NC2CCCC2)cn1.CCCc1ncccc1OCC. The van der Waals surface area contributed by atoms with Gasteiger partial charge in [-0.3, -0.25) is 9.78 Å². The predicted molar refractivity (Wildman–Crippen MR) is 132 cm³/mol. The van der Waals surface area contributed by atoms with Gasteiger partial charge in [-0.2, -0.15) is 0 Å². The lowest BCUT2D eigenvalue weighted by Gasteiger charge is -2.16. The largest absolute Gasteiger partial charge is 0.492 e. The number of carbonyl (C=O) groups excluding carboxylic acids is 1. The number of hydrogen-bond donors (Lipinski definition) is 1. The number of pyridine rings is 1. The molecule has 0 radical (unpaired) electrons. The second-order valence-corrected chi connectivity index (χ2v) is 10.5. The minimum absolute atomic E-state index is 0.00756. The topological polar surface area (TPSA) is 77.0 Å². The van der Waals surface area contributed by atoms with Crippen LogP contribution in [0.5, 0.6) is 5.75 Å². The van der Waals surface area contributed by atoms with Gasteiger partial charge in [0.25, 0.3) is 5.91 Å². The summed E-state index contributed by atoms with van der Waals surface area (Å²) >= 11 is 0. The highest BCUT2D eigenvalue weighted by Crippen LogP contribution is 2.77. The molecule has 5 saturated carbocycles. The summed E-state index contributed by atoms with van der Waals surface area (Å²) in [5.41, 5.74) is 1.68. The molecular weight excluding hydrogens is 424 g/mol. The molecule has 6 heteroatoms. The zero-order valence-electron chi connectivity index (χ0n) is 20.7. The first-order valence-electron chi connectivity index (χ1n) is 13.3. The Morgan fingerprint density at radius 2 is 1.85 bits per heavy atom. The summed E-state index contributed by atoms with van der Waals surface area (Å²) in [6, 6.07) is 4.23. The second kappa shape index (κ2) is 10.0. The van der Waals surface area contributed by atoms with Crippen LogP contribution in [0.15, 0.2) is 30.7 Å². The van der Waals surface area contributed by atoms with E-state index in [1.165, 1.54) is 19.3 Å². The molecule has 6 unspecified atom stereocenters. The number of carbonyl (C=O) groups is 1. The average molecular weight is 463 g/mol. The molecule has 2 heterocycles. The predicted octanol–water partition coefficient (Wildman–Crippen LogP) is 5.20. The number of ether oxygens (including phenoxy) is 1. The van der Waals surface area contributed by atoms with Gasteiger partial charge in [0.15, 0.2) is 0 Å². The van der Waals surface area contributed by atoms with Crippen LogP contribution >= 0.6 is 0 Å². The van der Waals surface area contributed by atoms with Crippen LogP contribution in [-0.4, -0.2) is 33.5 Å². The number of rotatable bonds is 7. The van der Waals surface area contributed by atoms with E-state index in [2.05, 4.69) is 34.1 Å². The molecule has 5 aliphatic rings. The monoisotopic (exact) mass is 462 g/mol. The molecular formula is C28H38N4O2. The van der Waals surface area contributed by atoms with Crippen molar-refractivity contribution in [2.24, 2.45) is 29.6 Å². The van der Waals surface area contributed by atoms with Crippen LogP contribution in [0, 0.1) is 29.6 Å². The van der Waals surface area contributed by atoms with Crippen molar-refractivity contribution in [1.82, 2.24) is 20.3 Å². The minimum atomic E-state index is -0.00756. The highest BCUT2D eigenvalue weighted by Gasteiger charge is 2.72. The van der Waals surface area contributed by atoms with Gasteiger partial charge in [0.2, 0.25) is 0 Å². The molecule has 0 spiro atoms. The van der Waals surface area contributed by atoms with Crippen molar-refractivity contribution in [1.29, 1.82) is 0 Å². The van der Waals surface area contributed by atoms with Crippen molar-refractivity contribution >= 4 is 5.91 Å². The first kappa shape index (κ1) is 23.3. The van der Waals surface area contributed by atoms with Gasteiger partial charge in [0, 0.05) is 30.6 Å². The van der Waals surface area contributed by atoms with Crippen LogP contribution in [0.4, 0.5) is 0 Å². The van der Waals surface area contributed by atoms with Crippen molar-refractivity contribution in [3.8, 4) is 5.75 Å². The van der Waals surface area contributed by atoms with Crippen molar-refractivity contribution < 1.29 is 9.53 Å². The van der Waals surface area contributed by atoms with E-state index >= 15 is 0 Å². The number of aryl methyl sites for hydroxylation is 1. The third-order valence-electron chi connectivity index (χ3n) is 8.55. The third-order valence-corrected chi connectivity index (χ3v) is 8.55. The van der Waals surface area contributed by atoms with Crippen LogP contribution in [0.25, 0.3) is 0 Å². The average Bonchev–Trinajstić information content (AvgIpc) is 3.28. The van der Waals surface area contributed by atoms with Crippen LogP contribution in [0.3, 0.4) is 0 Å². The van der Waals surface area contributed by atoms with Crippen molar-refractivity contribution in [3.05, 3.63) is 47.8 Å². The summed E-state index contributed by atoms with van der Waals surface area (Å²) in [5.74, 6) is 6.88. The molecule has 182 valence electrons. The lowest BCUT2D eigenvalue weighted by Crippen LogP contribution is -2.32. The molecule has 0 aliphatic heterocycles. The molecule has 0 aromatic carbocycles. The summed E-state index contributed by atoms with van der Waals surface area (Å²) in [4.78, 5) is 25.6. The number of nitrogens with zero attached hydrogens (tertiary/aromatic N) is 3. The van der Waals surface area contributed by atoms with Crippen LogP contribution in [0.2, 0.25) is 0 Å². The number of amides is 1. The molecule has 6 nitrogen and oxygen atoms in total. The van der Waals surface area contributed by atoms with E-state index in [0.29, 0.717) is 24.1 Å². The Morgan fingerprint density at radius 1 is 1.09 bits per heavy atom. The van der Waals surface area contributed by atoms with E-state index in [1.807, 2.05) is 25.3 Å². The van der Waals surface area contributed by atoms with Gasteiger partial charge in [0.1, 0.15) is 11.6 Å². The zero-order chi connectivity index (χ0) is 23.7. The molecule has 4 bridgehead atoms. The molecule has 1 amide bonds. The quantitative estimate of drug-likeness (QED) is 0.612. The third kappa shape index (κ3) is 4.44. The zero-order valence-corrected chi connectivity index (χ0v) is 20.7. The van der Waals surface area contributed by atoms with Gasteiger partial charge in [-0.1, -0.05) is 33.1 Å². The van der Waals surface area contributed by atoms with Crippen LogP contribution in [-0.2, 0) is 6.42 Å². The van der Waals surface area contributed by atoms with E-state index in [4.69, 9.17) is 4.74 Å². The molecule has 34 heavy (non-hydrogen) atoms. The first-order valence-corrected chi connectivity index (χ1v) is 13.3. The van der Waals surface area contributed by atoms with Gasteiger partial charge in [-0.25, -0.2) is 9.97 Å². The Hall–Kier alpha value is -2.50. The van der Waals surface area contributed by atoms with Crippen molar-refractivity contribution in [2.75, 3.05) is 6.61 Å². The fraction of sp³-hybridized carbons (Fsp3) is 0.643. The van der Waals surface area contributed by atoms with E-state index in [1.54, 1.807) is 12.4 Å². The molecule has 5 fully saturated rings. The van der Waals surface area contributed by atoms with Crippen molar-refractivity contribution in [3.63, 3.8) is 0 Å². The lowest BCUT2D eigenvalue weighted by atomic mass is 9.92. The Kier molecular flexibility index (Phi) is 6.84. The van der Waals surface area contributed by atoms with Crippen LogP contribution < -0.4 is 10.1 Å². The van der Waals surface area contributed by atoms with E-state index < -0.39 is 0 Å². The molecule has 2 aromatic heterocycles. The molecule has 1 N–H and O–H groups in total. The van der Waals surface area contributed by atoms with Crippen molar-refractivity contribution in [2.45, 2.75) is 77.7 Å². The highest BCUT2D eigenvalue weighted by molar-refractivity contribution is 5.93. The van der Waals surface area contributed by atoms with E-state index in [-0.39, 0.29) is 5.91 Å². The Morgan fingerprint density at radius 3 is 2.44 bits per heavy atom. The molecule has 6 atom stereocenters. The fourth-order valence-electron chi connectivity index (χ4n) is 7.03. The summed E-state index contributed by atoms with van der Waals surface area (Å²) in [6.07, 6.45) is 13.5. The van der Waals surface area contributed by atoms with Crippen LogP contribution in [0.1, 0.15) is 87.1 Å². The summed E-state index contributed by atoms with van der Waals surface area (Å²) in [7, 11) is 0. The second-order valence-electron chi connectivity index (χ2n) is 10.5. The summed E-state index contributed by atoms with van der Waals surface area (Å²) in [5, 5.41) is 3.11. The maximum absolute atomic E-state index is 12.2. The van der Waals surface area contributed by atoms with Gasteiger partial charge in [-0.05, 0) is 74.3 Å². The normalized spacial score (nSPS) is 30.6. The smallest absolute Gasteiger partial charge is 0.254 e. The molecule has 0 saturated heterocycles. The van der Waals surface area contributed by atoms with Gasteiger partial charge >= 0.3 is 0 Å². The van der Waals surface area contributed by atoms with Gasteiger partial charge in [0.05, 0.1) is 17.9 Å². The minimum Gasteiger partial charge on any atom is -0.492 e. The number of aromatic nitrogens is 3. The number of hydrogen-bond acceptors (Lipinski definition) is 5. The fourth-order valence-corrected chi connectivity index (χ4v) is 7.03. The molecule has 2 aromatic rings. The Bertz CT molecular complexity index is 963. The maximum Gasteiger partial charge on any atom is 0.254 e. The standard InChI is InChI=1S/C18H23N3O.C10H15NO/c1-9-12-6-13-14(9)15(13)16(12)17-19-7-10(8-20-17)18(22)21-11-4-2-3-5-11;1-3-6-9-10(12-4-2)7-5-8-11-9/h7-9,11-16H,2-6H2,1H3,(H,21,22);5,7-8H,3-4,6H2,1-2H3. The maximum atomic E-state index is 12.2. The number of nitrogens with one attached hydrogen (secondary N) is 1. The Balaban J connectivity index is 0.000000172. The lowest BCUT2D eigenvalue weighted by molar-refractivity contribution is 0.0937. The molecule has 7 rings (SSSR count). The van der Waals surface area contributed by atoms with E-state index in [9.17, 15) is 4.79 Å². The Labute approximate surface area is 203 Å².